The summed E-state index contributed by atoms with van der Waals surface area (Å²) in [5.74, 6) is 0. The van der Waals surface area contributed by atoms with Gasteiger partial charge in [0, 0.05) is 5.02 Å². The van der Waals surface area contributed by atoms with Crippen LogP contribution >= 0.6 is 23.2 Å². The van der Waals surface area contributed by atoms with Crippen LogP contribution in [-0.4, -0.2) is 5.38 Å². The lowest BCUT2D eigenvalue weighted by Crippen LogP contribution is -2.03. The first kappa shape index (κ1) is 11.4. The highest BCUT2D eigenvalue weighted by molar-refractivity contribution is 6.31. The summed E-state index contributed by atoms with van der Waals surface area (Å²) in [6, 6.07) is 7.81. The van der Waals surface area contributed by atoms with Gasteiger partial charge < -0.3 is 0 Å². The van der Waals surface area contributed by atoms with Crippen LogP contribution in [0, 0.1) is 18.3 Å². The SMILES string of the molecule is Cc1c(Cl)cccc1CC(Cl)CC#N. The van der Waals surface area contributed by atoms with Crippen molar-refractivity contribution < 1.29 is 0 Å². The Hall–Kier alpha value is -0.710. The molecule has 1 nitrogen and oxygen atoms in total. The minimum absolute atomic E-state index is 0.128. The summed E-state index contributed by atoms with van der Waals surface area (Å²) < 4.78 is 0. The summed E-state index contributed by atoms with van der Waals surface area (Å²) in [5.41, 5.74) is 2.17. The Bertz CT molecular complexity index is 355. The number of hydrogen-bond donors (Lipinski definition) is 0. The molecule has 1 aromatic carbocycles. The average molecular weight is 228 g/mol. The molecule has 0 fully saturated rings. The maximum atomic E-state index is 8.48. The second-order valence-electron chi connectivity index (χ2n) is 3.19. The zero-order chi connectivity index (χ0) is 10.6. The Kier molecular flexibility index (Phi) is 4.25. The second-order valence-corrected chi connectivity index (χ2v) is 4.21. The van der Waals surface area contributed by atoms with Gasteiger partial charge in [-0.3, -0.25) is 0 Å². The van der Waals surface area contributed by atoms with E-state index in [9.17, 15) is 0 Å². The normalized spacial score (nSPS) is 12.1. The molecule has 1 aromatic rings. The highest BCUT2D eigenvalue weighted by Gasteiger charge is 2.08. The number of nitrogens with zero attached hydrogens (tertiary/aromatic N) is 1. The van der Waals surface area contributed by atoms with Gasteiger partial charge in [-0.05, 0) is 30.5 Å². The summed E-state index contributed by atoms with van der Waals surface area (Å²) in [6.07, 6.45) is 1.06. The molecule has 0 spiro atoms. The highest BCUT2D eigenvalue weighted by atomic mass is 35.5. The number of rotatable bonds is 3. The third-order valence-corrected chi connectivity index (χ3v) is 2.85. The molecule has 0 aromatic heterocycles. The van der Waals surface area contributed by atoms with Gasteiger partial charge >= 0.3 is 0 Å². The predicted molar refractivity (Wildman–Crippen MR) is 59.8 cm³/mol. The maximum absolute atomic E-state index is 8.48. The molecule has 1 rings (SSSR count). The molecule has 1 atom stereocenters. The fraction of sp³-hybridized carbons (Fsp3) is 0.364. The van der Waals surface area contributed by atoms with Crippen LogP contribution in [0.1, 0.15) is 17.5 Å². The zero-order valence-electron chi connectivity index (χ0n) is 7.93. The number of nitriles is 1. The van der Waals surface area contributed by atoms with E-state index in [-0.39, 0.29) is 5.38 Å². The topological polar surface area (TPSA) is 23.8 Å². The molecular formula is C11H11Cl2N. The molecular weight excluding hydrogens is 217 g/mol. The van der Waals surface area contributed by atoms with Crippen LogP contribution in [0.25, 0.3) is 0 Å². The first-order chi connectivity index (χ1) is 6.65. The third kappa shape index (κ3) is 2.90. The lowest BCUT2D eigenvalue weighted by molar-refractivity contribution is 0.855. The molecule has 0 bridgehead atoms. The van der Waals surface area contributed by atoms with Crippen LogP contribution in [0.5, 0.6) is 0 Å². The van der Waals surface area contributed by atoms with E-state index >= 15 is 0 Å². The van der Waals surface area contributed by atoms with Gasteiger partial charge in [-0.2, -0.15) is 5.26 Å². The maximum Gasteiger partial charge on any atom is 0.0637 e. The Morgan fingerprint density at radius 3 is 2.86 bits per heavy atom. The standard InChI is InChI=1S/C11H11Cl2N/c1-8-9(3-2-4-11(8)13)7-10(12)5-6-14/h2-4,10H,5,7H2,1H3. The minimum Gasteiger partial charge on any atom is -0.198 e. The van der Waals surface area contributed by atoms with E-state index in [1.54, 1.807) is 0 Å². The van der Waals surface area contributed by atoms with Crippen molar-refractivity contribution in [3.63, 3.8) is 0 Å². The van der Waals surface area contributed by atoms with Gasteiger partial charge in [0.05, 0.1) is 17.9 Å². The Labute approximate surface area is 94.3 Å². The summed E-state index contributed by atoms with van der Waals surface area (Å²) in [7, 11) is 0. The molecule has 0 aliphatic carbocycles. The molecule has 1 unspecified atom stereocenters. The molecule has 0 aliphatic heterocycles. The zero-order valence-corrected chi connectivity index (χ0v) is 9.44. The smallest absolute Gasteiger partial charge is 0.0637 e. The van der Waals surface area contributed by atoms with Gasteiger partial charge in [0.1, 0.15) is 0 Å². The lowest BCUT2D eigenvalue weighted by atomic mass is 10.0. The average Bonchev–Trinajstić information content (AvgIpc) is 2.13. The third-order valence-electron chi connectivity index (χ3n) is 2.13. The van der Waals surface area contributed by atoms with Crippen molar-refractivity contribution in [1.82, 2.24) is 0 Å². The monoisotopic (exact) mass is 227 g/mol. The van der Waals surface area contributed by atoms with Crippen molar-refractivity contribution >= 4 is 23.2 Å². The summed E-state index contributed by atoms with van der Waals surface area (Å²) in [6.45, 7) is 1.97. The molecule has 0 aliphatic rings. The van der Waals surface area contributed by atoms with Crippen LogP contribution in [0.3, 0.4) is 0 Å². The van der Waals surface area contributed by atoms with Gasteiger partial charge in [-0.15, -0.1) is 11.6 Å². The number of halogens is 2. The molecule has 0 radical (unpaired) electrons. The largest absolute Gasteiger partial charge is 0.198 e. The molecule has 0 saturated carbocycles. The summed E-state index contributed by atoms with van der Waals surface area (Å²) >= 11 is 11.9. The first-order valence-corrected chi connectivity index (χ1v) is 5.21. The van der Waals surface area contributed by atoms with Crippen molar-refractivity contribution in [1.29, 1.82) is 5.26 Å². The number of benzene rings is 1. The van der Waals surface area contributed by atoms with E-state index in [0.29, 0.717) is 12.8 Å². The quantitative estimate of drug-likeness (QED) is 0.723. The first-order valence-electron chi connectivity index (χ1n) is 4.40. The van der Waals surface area contributed by atoms with Crippen molar-refractivity contribution in [2.24, 2.45) is 0 Å². The minimum atomic E-state index is -0.128. The Balaban J connectivity index is 2.77. The lowest BCUT2D eigenvalue weighted by Gasteiger charge is -2.09. The van der Waals surface area contributed by atoms with E-state index in [1.165, 1.54) is 0 Å². The van der Waals surface area contributed by atoms with Gasteiger partial charge in [0.15, 0.2) is 0 Å². The molecule has 3 heteroatoms. The number of alkyl halides is 1. The number of hydrogen-bond acceptors (Lipinski definition) is 1. The molecule has 0 heterocycles. The van der Waals surface area contributed by atoms with E-state index in [2.05, 4.69) is 6.07 Å². The van der Waals surface area contributed by atoms with Crippen molar-refractivity contribution in [2.45, 2.75) is 25.1 Å². The van der Waals surface area contributed by atoms with E-state index in [1.807, 2.05) is 25.1 Å². The second kappa shape index (κ2) is 5.24. The Morgan fingerprint density at radius 1 is 1.50 bits per heavy atom. The van der Waals surface area contributed by atoms with Gasteiger partial charge in [-0.1, -0.05) is 23.7 Å². The molecule has 74 valence electrons. The van der Waals surface area contributed by atoms with Gasteiger partial charge in [-0.25, -0.2) is 0 Å². The van der Waals surface area contributed by atoms with Crippen molar-refractivity contribution in [2.75, 3.05) is 0 Å². The Morgan fingerprint density at radius 2 is 2.21 bits per heavy atom. The van der Waals surface area contributed by atoms with Crippen molar-refractivity contribution in [3.05, 3.63) is 34.3 Å². The van der Waals surface area contributed by atoms with Gasteiger partial charge in [0.25, 0.3) is 0 Å². The van der Waals surface area contributed by atoms with Crippen LogP contribution in [0.15, 0.2) is 18.2 Å². The molecule has 0 amide bonds. The van der Waals surface area contributed by atoms with E-state index in [0.717, 1.165) is 16.1 Å². The van der Waals surface area contributed by atoms with Crippen LogP contribution < -0.4 is 0 Å². The van der Waals surface area contributed by atoms with Crippen LogP contribution in [-0.2, 0) is 6.42 Å². The van der Waals surface area contributed by atoms with E-state index in [4.69, 9.17) is 28.5 Å². The van der Waals surface area contributed by atoms with E-state index < -0.39 is 0 Å². The molecule has 0 saturated heterocycles. The summed E-state index contributed by atoms with van der Waals surface area (Å²) in [5, 5.41) is 9.10. The fourth-order valence-corrected chi connectivity index (χ4v) is 1.71. The summed E-state index contributed by atoms with van der Waals surface area (Å²) in [4.78, 5) is 0. The fourth-order valence-electron chi connectivity index (χ4n) is 1.28. The van der Waals surface area contributed by atoms with Gasteiger partial charge in [0.2, 0.25) is 0 Å². The van der Waals surface area contributed by atoms with Crippen molar-refractivity contribution in [3.8, 4) is 6.07 Å². The molecule has 14 heavy (non-hydrogen) atoms. The van der Waals surface area contributed by atoms with Crippen LogP contribution in [0.4, 0.5) is 0 Å². The van der Waals surface area contributed by atoms with Crippen LogP contribution in [0.2, 0.25) is 5.02 Å². The highest BCUT2D eigenvalue weighted by Crippen LogP contribution is 2.21. The molecule has 0 N–H and O–H groups in total. The predicted octanol–water partition coefficient (Wildman–Crippen LogP) is 3.71.